The summed E-state index contributed by atoms with van der Waals surface area (Å²) in [7, 11) is 1.85. The molecule has 0 aliphatic carbocycles. The maximum Gasteiger partial charge on any atom is 0.410 e. The second-order valence-electron chi connectivity index (χ2n) is 10.8. The number of fused-ring (bicyclic) bond motifs is 2. The van der Waals surface area contributed by atoms with Crippen LogP contribution in [-0.4, -0.2) is 66.0 Å². The fraction of sp³-hybridized carbons (Fsp3) is 0.444. The van der Waals surface area contributed by atoms with Crippen molar-refractivity contribution in [3.8, 4) is 11.3 Å². The van der Waals surface area contributed by atoms with E-state index in [2.05, 4.69) is 15.4 Å². The molecule has 0 radical (unpaired) electrons. The Morgan fingerprint density at radius 1 is 1.08 bits per heavy atom. The highest BCUT2D eigenvalue weighted by Gasteiger charge is 2.28. The summed E-state index contributed by atoms with van der Waals surface area (Å²) < 4.78 is 8.99. The molecule has 3 aromatic heterocycles. The van der Waals surface area contributed by atoms with Crippen LogP contribution >= 0.6 is 0 Å². The molecule has 10 heteroatoms. The van der Waals surface area contributed by atoms with Crippen LogP contribution in [0, 0.1) is 13.8 Å². The van der Waals surface area contributed by atoms with Crippen molar-refractivity contribution in [2.75, 3.05) is 13.1 Å². The monoisotopic (exact) mass is 503 g/mol. The molecule has 4 aromatic rings. The minimum atomic E-state index is -0.528. The van der Waals surface area contributed by atoms with Crippen molar-refractivity contribution in [1.29, 1.82) is 0 Å². The highest BCUT2D eigenvalue weighted by atomic mass is 16.6. The van der Waals surface area contributed by atoms with E-state index in [1.807, 2.05) is 72.3 Å². The number of amides is 2. The van der Waals surface area contributed by atoms with E-state index in [-0.39, 0.29) is 18.0 Å². The van der Waals surface area contributed by atoms with Crippen LogP contribution in [0.1, 0.15) is 55.2 Å². The van der Waals surface area contributed by atoms with Crippen LogP contribution in [-0.2, 0) is 11.8 Å². The Morgan fingerprint density at radius 3 is 2.51 bits per heavy atom. The lowest BCUT2D eigenvalue weighted by Gasteiger charge is -2.33. The third kappa shape index (κ3) is 5.00. The van der Waals surface area contributed by atoms with Gasteiger partial charge in [0, 0.05) is 43.3 Å². The standard InChI is InChI=1S/C27H33N7O3/c1-16-13-22(30-34-14-17(2)28-24(16)34)19-7-8-20(23-21(19)15-32(6)31-23)25(35)29-18-9-11-33(12-10-18)26(36)37-27(3,4)5/h7-8,13-15,18H,9-12H2,1-6H3,(H,29,35). The number of aromatic nitrogens is 5. The molecule has 1 fully saturated rings. The highest BCUT2D eigenvalue weighted by molar-refractivity contribution is 6.09. The summed E-state index contributed by atoms with van der Waals surface area (Å²) in [5.41, 5.74) is 5.08. The predicted octanol–water partition coefficient (Wildman–Crippen LogP) is 4.03. The number of benzene rings is 1. The molecule has 2 amide bonds. The van der Waals surface area contributed by atoms with Crippen molar-refractivity contribution in [3.05, 3.63) is 47.4 Å². The lowest BCUT2D eigenvalue weighted by atomic mass is 10.0. The third-order valence-corrected chi connectivity index (χ3v) is 6.52. The Balaban J connectivity index is 1.36. The van der Waals surface area contributed by atoms with Gasteiger partial charge in [0.25, 0.3) is 5.91 Å². The van der Waals surface area contributed by atoms with E-state index in [0.29, 0.717) is 37.0 Å². The van der Waals surface area contributed by atoms with Gasteiger partial charge < -0.3 is 15.0 Å². The maximum absolute atomic E-state index is 13.3. The Hall–Kier alpha value is -3.95. The first-order chi connectivity index (χ1) is 17.5. The molecule has 1 N–H and O–H groups in total. The molecule has 4 heterocycles. The summed E-state index contributed by atoms with van der Waals surface area (Å²) in [6, 6.07) is 5.74. The molecule has 194 valence electrons. The maximum atomic E-state index is 13.3. The highest BCUT2D eigenvalue weighted by Crippen LogP contribution is 2.30. The molecular weight excluding hydrogens is 470 g/mol. The topological polar surface area (TPSA) is 107 Å². The van der Waals surface area contributed by atoms with Gasteiger partial charge in [-0.1, -0.05) is 6.07 Å². The summed E-state index contributed by atoms with van der Waals surface area (Å²) in [6.45, 7) is 10.6. The minimum Gasteiger partial charge on any atom is -0.444 e. The van der Waals surface area contributed by atoms with Crippen LogP contribution in [0.5, 0.6) is 0 Å². The van der Waals surface area contributed by atoms with Crippen molar-refractivity contribution >= 4 is 28.6 Å². The second kappa shape index (κ2) is 9.17. The number of carbonyl (C=O) groups is 2. The van der Waals surface area contributed by atoms with E-state index in [9.17, 15) is 9.59 Å². The molecule has 1 aliphatic heterocycles. The number of rotatable bonds is 3. The van der Waals surface area contributed by atoms with E-state index in [4.69, 9.17) is 9.84 Å². The number of hydrogen-bond donors (Lipinski definition) is 1. The molecule has 0 spiro atoms. The van der Waals surface area contributed by atoms with Gasteiger partial charge in [0.1, 0.15) is 11.1 Å². The Bertz CT molecular complexity index is 1500. The first kappa shape index (κ1) is 24.7. The number of nitrogens with zero attached hydrogens (tertiary/aromatic N) is 6. The molecule has 0 bridgehead atoms. The van der Waals surface area contributed by atoms with Crippen LogP contribution < -0.4 is 5.32 Å². The number of ether oxygens (including phenoxy) is 1. The summed E-state index contributed by atoms with van der Waals surface area (Å²) in [6.07, 6.45) is 4.85. The number of nitrogens with one attached hydrogen (secondary N) is 1. The SMILES string of the molecule is Cc1cn2nc(-c3ccc(C(=O)NC4CCN(C(=O)OC(C)(C)C)CC4)c4nn(C)cc34)cc(C)c2n1. The molecule has 1 aromatic carbocycles. The smallest absolute Gasteiger partial charge is 0.410 e. The molecule has 37 heavy (non-hydrogen) atoms. The summed E-state index contributed by atoms with van der Waals surface area (Å²) >= 11 is 0. The van der Waals surface area contributed by atoms with Gasteiger partial charge in [-0.2, -0.15) is 10.2 Å². The van der Waals surface area contributed by atoms with Crippen LogP contribution in [0.15, 0.2) is 30.6 Å². The Kier molecular flexibility index (Phi) is 6.13. The number of hydrogen-bond acceptors (Lipinski definition) is 6. The molecular formula is C27H33N7O3. The van der Waals surface area contributed by atoms with Crippen molar-refractivity contribution < 1.29 is 14.3 Å². The van der Waals surface area contributed by atoms with Gasteiger partial charge in [0.15, 0.2) is 5.65 Å². The summed E-state index contributed by atoms with van der Waals surface area (Å²) in [4.78, 5) is 31.9. The third-order valence-electron chi connectivity index (χ3n) is 6.52. The van der Waals surface area contributed by atoms with Crippen molar-refractivity contribution in [2.45, 2.75) is 59.1 Å². The fourth-order valence-electron chi connectivity index (χ4n) is 4.80. The normalized spacial score (nSPS) is 14.9. The first-order valence-corrected chi connectivity index (χ1v) is 12.6. The van der Waals surface area contributed by atoms with Gasteiger partial charge in [-0.25, -0.2) is 14.3 Å². The van der Waals surface area contributed by atoms with Crippen LogP contribution in [0.3, 0.4) is 0 Å². The van der Waals surface area contributed by atoms with Gasteiger partial charge in [0.2, 0.25) is 0 Å². The van der Waals surface area contributed by atoms with Gasteiger partial charge in [-0.05, 0) is 65.2 Å². The van der Waals surface area contributed by atoms with Gasteiger partial charge in [-0.15, -0.1) is 0 Å². The van der Waals surface area contributed by atoms with E-state index >= 15 is 0 Å². The fourth-order valence-corrected chi connectivity index (χ4v) is 4.80. The van der Waals surface area contributed by atoms with Crippen LogP contribution in [0.4, 0.5) is 4.79 Å². The number of piperidine rings is 1. The molecule has 0 saturated carbocycles. The zero-order valence-corrected chi connectivity index (χ0v) is 22.2. The first-order valence-electron chi connectivity index (χ1n) is 12.6. The van der Waals surface area contributed by atoms with Gasteiger partial charge in [0.05, 0.1) is 23.1 Å². The summed E-state index contributed by atoms with van der Waals surface area (Å²) in [5.74, 6) is -0.171. The predicted molar refractivity (Wildman–Crippen MR) is 140 cm³/mol. The van der Waals surface area contributed by atoms with Crippen molar-refractivity contribution in [2.24, 2.45) is 7.05 Å². The average molecular weight is 504 g/mol. The lowest BCUT2D eigenvalue weighted by molar-refractivity contribution is 0.0199. The minimum absolute atomic E-state index is 0.0270. The molecule has 1 saturated heterocycles. The van der Waals surface area contributed by atoms with E-state index < -0.39 is 5.60 Å². The number of likely N-dealkylation sites (tertiary alicyclic amines) is 1. The molecule has 0 atom stereocenters. The van der Waals surface area contributed by atoms with E-state index in [1.165, 1.54) is 0 Å². The largest absolute Gasteiger partial charge is 0.444 e. The van der Waals surface area contributed by atoms with Gasteiger partial charge in [-0.3, -0.25) is 9.48 Å². The Labute approximate surface area is 215 Å². The molecule has 1 aliphatic rings. The Morgan fingerprint density at radius 2 is 1.81 bits per heavy atom. The van der Waals surface area contributed by atoms with Crippen molar-refractivity contribution in [3.63, 3.8) is 0 Å². The van der Waals surface area contributed by atoms with Crippen LogP contribution in [0.2, 0.25) is 0 Å². The van der Waals surface area contributed by atoms with E-state index in [1.54, 1.807) is 14.1 Å². The number of imidazole rings is 1. The summed E-state index contributed by atoms with van der Waals surface area (Å²) in [5, 5.41) is 13.4. The molecule has 10 nitrogen and oxygen atoms in total. The number of carbonyl (C=O) groups excluding carboxylic acids is 2. The van der Waals surface area contributed by atoms with Crippen LogP contribution in [0.25, 0.3) is 27.8 Å². The van der Waals surface area contributed by atoms with Crippen molar-refractivity contribution in [1.82, 2.24) is 34.6 Å². The molecule has 5 rings (SSSR count). The zero-order chi connectivity index (χ0) is 26.5. The second-order valence-corrected chi connectivity index (χ2v) is 10.8. The quantitative estimate of drug-likeness (QED) is 0.452. The lowest BCUT2D eigenvalue weighted by Crippen LogP contribution is -2.47. The molecule has 0 unspecified atom stereocenters. The van der Waals surface area contributed by atoms with E-state index in [0.717, 1.165) is 33.5 Å². The number of aryl methyl sites for hydroxylation is 3. The zero-order valence-electron chi connectivity index (χ0n) is 22.2. The van der Waals surface area contributed by atoms with Gasteiger partial charge >= 0.3 is 6.09 Å². The average Bonchev–Trinajstić information content (AvgIpc) is 3.39.